The van der Waals surface area contributed by atoms with Crippen LogP contribution in [0.1, 0.15) is 18.1 Å². The zero-order valence-corrected chi connectivity index (χ0v) is 15.6. The van der Waals surface area contributed by atoms with Gasteiger partial charge in [0.25, 0.3) is 10.0 Å². The SMILES string of the molecule is CCN(Cc1ccccc1Cl)S(=O)(=O)c1cc(C)c(Br)s1. The summed E-state index contributed by atoms with van der Waals surface area (Å²) in [6.07, 6.45) is 0. The number of hydrogen-bond donors (Lipinski definition) is 0. The third-order valence-electron chi connectivity index (χ3n) is 3.09. The maximum Gasteiger partial charge on any atom is 0.252 e. The summed E-state index contributed by atoms with van der Waals surface area (Å²) < 4.78 is 28.1. The Hall–Kier alpha value is -0.400. The van der Waals surface area contributed by atoms with E-state index >= 15 is 0 Å². The van der Waals surface area contributed by atoms with Gasteiger partial charge >= 0.3 is 0 Å². The van der Waals surface area contributed by atoms with Crippen molar-refractivity contribution in [3.63, 3.8) is 0 Å². The summed E-state index contributed by atoms with van der Waals surface area (Å²) in [4.78, 5) is 0. The maximum absolute atomic E-state index is 12.7. The van der Waals surface area contributed by atoms with Gasteiger partial charge in [-0.2, -0.15) is 4.31 Å². The molecule has 0 bridgehead atoms. The number of sulfonamides is 1. The van der Waals surface area contributed by atoms with Crippen LogP contribution in [0.5, 0.6) is 0 Å². The lowest BCUT2D eigenvalue weighted by Gasteiger charge is -2.20. The van der Waals surface area contributed by atoms with E-state index in [2.05, 4.69) is 15.9 Å². The molecule has 0 amide bonds. The topological polar surface area (TPSA) is 37.4 Å². The zero-order valence-electron chi connectivity index (χ0n) is 11.6. The van der Waals surface area contributed by atoms with E-state index in [4.69, 9.17) is 11.6 Å². The van der Waals surface area contributed by atoms with Crippen LogP contribution in [0.25, 0.3) is 0 Å². The van der Waals surface area contributed by atoms with Crippen molar-refractivity contribution in [2.24, 2.45) is 0 Å². The van der Waals surface area contributed by atoms with E-state index in [0.29, 0.717) is 15.8 Å². The number of thiophene rings is 1. The summed E-state index contributed by atoms with van der Waals surface area (Å²) >= 11 is 10.7. The summed E-state index contributed by atoms with van der Waals surface area (Å²) in [5.74, 6) is 0. The minimum absolute atomic E-state index is 0.271. The van der Waals surface area contributed by atoms with Gasteiger partial charge in [-0.25, -0.2) is 8.42 Å². The lowest BCUT2D eigenvalue weighted by molar-refractivity contribution is 0.425. The van der Waals surface area contributed by atoms with Gasteiger partial charge in [-0.05, 0) is 46.1 Å². The van der Waals surface area contributed by atoms with E-state index in [-0.39, 0.29) is 6.54 Å². The molecule has 1 aromatic carbocycles. The van der Waals surface area contributed by atoms with Crippen LogP contribution in [-0.2, 0) is 16.6 Å². The second kappa shape index (κ2) is 6.79. The van der Waals surface area contributed by atoms with E-state index < -0.39 is 10.0 Å². The predicted molar refractivity (Wildman–Crippen MR) is 91.5 cm³/mol. The Labute approximate surface area is 142 Å². The van der Waals surface area contributed by atoms with Crippen LogP contribution >= 0.6 is 38.9 Å². The molecule has 1 aromatic heterocycles. The average molecular weight is 409 g/mol. The van der Waals surface area contributed by atoms with Crippen molar-refractivity contribution >= 4 is 48.9 Å². The summed E-state index contributed by atoms with van der Waals surface area (Å²) in [5.41, 5.74) is 1.73. The standard InChI is InChI=1S/C14H15BrClNO2S2/c1-3-17(9-11-6-4-5-7-12(11)16)21(18,19)13-8-10(2)14(15)20-13/h4-8H,3,9H2,1-2H3. The first-order valence-electron chi connectivity index (χ1n) is 6.35. The number of hydrogen-bond acceptors (Lipinski definition) is 3. The highest BCUT2D eigenvalue weighted by atomic mass is 79.9. The molecule has 0 atom stereocenters. The van der Waals surface area contributed by atoms with Gasteiger partial charge in [-0.15, -0.1) is 11.3 Å². The van der Waals surface area contributed by atoms with Gasteiger partial charge in [-0.1, -0.05) is 36.7 Å². The smallest absolute Gasteiger partial charge is 0.206 e. The van der Waals surface area contributed by atoms with Crippen LogP contribution in [-0.4, -0.2) is 19.3 Å². The van der Waals surface area contributed by atoms with Crippen molar-refractivity contribution in [1.82, 2.24) is 4.31 Å². The predicted octanol–water partition coefficient (Wildman–Crippen LogP) is 4.68. The molecule has 0 spiro atoms. The molecule has 21 heavy (non-hydrogen) atoms. The molecule has 0 aliphatic rings. The highest BCUT2D eigenvalue weighted by Gasteiger charge is 2.26. The van der Waals surface area contributed by atoms with Crippen molar-refractivity contribution < 1.29 is 8.42 Å². The van der Waals surface area contributed by atoms with E-state index in [1.807, 2.05) is 32.0 Å². The molecular formula is C14H15BrClNO2S2. The lowest BCUT2D eigenvalue weighted by Crippen LogP contribution is -2.30. The van der Waals surface area contributed by atoms with Crippen molar-refractivity contribution in [3.05, 3.63) is 50.3 Å². The number of nitrogens with zero attached hydrogens (tertiary/aromatic N) is 1. The first kappa shape index (κ1) is 17.0. The molecule has 7 heteroatoms. The molecule has 0 aliphatic carbocycles. The molecular weight excluding hydrogens is 394 g/mol. The van der Waals surface area contributed by atoms with Crippen LogP contribution in [0.4, 0.5) is 0 Å². The Bertz CT molecular complexity index is 724. The minimum atomic E-state index is -3.50. The third kappa shape index (κ3) is 3.68. The highest BCUT2D eigenvalue weighted by Crippen LogP contribution is 2.33. The van der Waals surface area contributed by atoms with E-state index in [9.17, 15) is 8.42 Å². The molecule has 114 valence electrons. The van der Waals surface area contributed by atoms with Crippen molar-refractivity contribution in [2.45, 2.75) is 24.6 Å². The fourth-order valence-corrected chi connectivity index (χ4v) is 5.87. The first-order chi connectivity index (χ1) is 9.86. The van der Waals surface area contributed by atoms with Gasteiger partial charge in [0.15, 0.2) is 0 Å². The molecule has 0 aliphatic heterocycles. The lowest BCUT2D eigenvalue weighted by atomic mass is 10.2. The van der Waals surface area contributed by atoms with Crippen LogP contribution < -0.4 is 0 Å². The molecule has 0 radical (unpaired) electrons. The zero-order chi connectivity index (χ0) is 15.6. The van der Waals surface area contributed by atoms with E-state index in [1.165, 1.54) is 15.6 Å². The summed E-state index contributed by atoms with van der Waals surface area (Å²) in [6.45, 7) is 4.36. The summed E-state index contributed by atoms with van der Waals surface area (Å²) in [5, 5.41) is 0.578. The van der Waals surface area contributed by atoms with Gasteiger partial charge in [0.2, 0.25) is 0 Å². The molecule has 0 unspecified atom stereocenters. The Morgan fingerprint density at radius 1 is 1.33 bits per heavy atom. The number of aryl methyl sites for hydroxylation is 1. The second-order valence-electron chi connectivity index (χ2n) is 4.54. The van der Waals surface area contributed by atoms with Crippen LogP contribution in [0, 0.1) is 6.92 Å². The van der Waals surface area contributed by atoms with Gasteiger partial charge < -0.3 is 0 Å². The van der Waals surface area contributed by atoms with Crippen molar-refractivity contribution in [1.29, 1.82) is 0 Å². The fourth-order valence-electron chi connectivity index (χ4n) is 1.87. The van der Waals surface area contributed by atoms with Crippen molar-refractivity contribution in [3.8, 4) is 0 Å². The monoisotopic (exact) mass is 407 g/mol. The molecule has 0 saturated carbocycles. The van der Waals surface area contributed by atoms with Crippen LogP contribution in [0.15, 0.2) is 38.3 Å². The second-order valence-corrected chi connectivity index (χ2v) is 9.49. The van der Waals surface area contributed by atoms with Gasteiger partial charge in [0.05, 0.1) is 3.79 Å². The molecule has 2 rings (SSSR count). The fraction of sp³-hybridized carbons (Fsp3) is 0.286. The molecule has 0 saturated heterocycles. The Kier molecular flexibility index (Phi) is 5.48. The molecule has 3 nitrogen and oxygen atoms in total. The molecule has 2 aromatic rings. The minimum Gasteiger partial charge on any atom is -0.206 e. The maximum atomic E-state index is 12.7. The number of benzene rings is 1. The molecule has 0 N–H and O–H groups in total. The Morgan fingerprint density at radius 3 is 2.52 bits per heavy atom. The normalized spacial score (nSPS) is 12.0. The Balaban J connectivity index is 2.34. The summed E-state index contributed by atoms with van der Waals surface area (Å²) in [6, 6.07) is 8.99. The molecule has 1 heterocycles. The van der Waals surface area contributed by atoms with Gasteiger partial charge in [0.1, 0.15) is 4.21 Å². The van der Waals surface area contributed by atoms with Crippen LogP contribution in [0.3, 0.4) is 0 Å². The average Bonchev–Trinajstić information content (AvgIpc) is 2.78. The quantitative estimate of drug-likeness (QED) is 0.720. The van der Waals surface area contributed by atoms with Gasteiger partial charge in [0, 0.05) is 18.1 Å². The summed E-state index contributed by atoms with van der Waals surface area (Å²) in [7, 11) is -3.50. The third-order valence-corrected chi connectivity index (χ3v) is 7.96. The van der Waals surface area contributed by atoms with Crippen LogP contribution in [0.2, 0.25) is 5.02 Å². The largest absolute Gasteiger partial charge is 0.252 e. The Morgan fingerprint density at radius 2 is 2.00 bits per heavy atom. The highest BCUT2D eigenvalue weighted by molar-refractivity contribution is 9.11. The first-order valence-corrected chi connectivity index (χ1v) is 9.78. The van der Waals surface area contributed by atoms with Crippen molar-refractivity contribution in [2.75, 3.05) is 6.54 Å². The molecule has 0 fully saturated rings. The number of rotatable bonds is 5. The van der Waals surface area contributed by atoms with E-state index in [1.54, 1.807) is 12.1 Å². The van der Waals surface area contributed by atoms with Gasteiger partial charge in [-0.3, -0.25) is 0 Å². The number of halogens is 2. The van der Waals surface area contributed by atoms with E-state index in [0.717, 1.165) is 14.9 Å².